The molecule has 0 amide bonds. The van der Waals surface area contributed by atoms with Gasteiger partial charge in [0.15, 0.2) is 5.78 Å². The Balaban J connectivity index is 2.29. The summed E-state index contributed by atoms with van der Waals surface area (Å²) in [7, 11) is 0. The molecular formula is C16H23NO. The van der Waals surface area contributed by atoms with Crippen molar-refractivity contribution in [3.05, 3.63) is 34.9 Å². The van der Waals surface area contributed by atoms with Gasteiger partial charge in [0.2, 0.25) is 0 Å². The summed E-state index contributed by atoms with van der Waals surface area (Å²) in [6, 6.07) is 6.48. The van der Waals surface area contributed by atoms with E-state index in [1.54, 1.807) is 0 Å². The van der Waals surface area contributed by atoms with E-state index in [2.05, 4.69) is 39.0 Å². The molecule has 0 spiro atoms. The highest BCUT2D eigenvalue weighted by Crippen LogP contribution is 2.32. The third kappa shape index (κ3) is 2.49. The highest BCUT2D eigenvalue weighted by Gasteiger charge is 2.33. The van der Waals surface area contributed by atoms with Crippen LogP contribution in [0.15, 0.2) is 18.2 Å². The maximum atomic E-state index is 12.4. The lowest BCUT2D eigenvalue weighted by Gasteiger charge is -2.32. The van der Waals surface area contributed by atoms with Crippen molar-refractivity contribution in [2.45, 2.75) is 52.0 Å². The van der Waals surface area contributed by atoms with Gasteiger partial charge in [0.25, 0.3) is 0 Å². The van der Waals surface area contributed by atoms with E-state index in [1.807, 2.05) is 6.92 Å². The quantitative estimate of drug-likeness (QED) is 0.813. The van der Waals surface area contributed by atoms with Gasteiger partial charge in [-0.1, -0.05) is 32.9 Å². The molecule has 2 heteroatoms. The van der Waals surface area contributed by atoms with E-state index in [0.29, 0.717) is 0 Å². The average Bonchev–Trinajstić information content (AvgIpc) is 2.23. The summed E-state index contributed by atoms with van der Waals surface area (Å²) >= 11 is 0. The summed E-state index contributed by atoms with van der Waals surface area (Å²) in [6.45, 7) is 8.53. The number of hydrogen-bond donors (Lipinski definition) is 1. The minimum absolute atomic E-state index is 0.0821. The molecule has 2 N–H and O–H groups in total. The number of hydrogen-bond acceptors (Lipinski definition) is 2. The van der Waals surface area contributed by atoms with Crippen molar-refractivity contribution in [1.82, 2.24) is 0 Å². The number of carbonyl (C=O) groups excluding carboxylic acids is 1. The Morgan fingerprint density at radius 1 is 1.28 bits per heavy atom. The number of Topliss-reactive ketones (excluding diaryl/α,β-unsaturated/α-hetero) is 1. The van der Waals surface area contributed by atoms with Gasteiger partial charge in [0, 0.05) is 17.5 Å². The van der Waals surface area contributed by atoms with E-state index >= 15 is 0 Å². The maximum Gasteiger partial charge on any atom is 0.166 e. The van der Waals surface area contributed by atoms with E-state index in [0.717, 1.165) is 24.0 Å². The van der Waals surface area contributed by atoms with E-state index < -0.39 is 0 Å². The van der Waals surface area contributed by atoms with E-state index in [-0.39, 0.29) is 23.2 Å². The summed E-state index contributed by atoms with van der Waals surface area (Å²) < 4.78 is 0. The number of benzene rings is 1. The van der Waals surface area contributed by atoms with Crippen LogP contribution in [0.5, 0.6) is 0 Å². The number of rotatable bonds is 2. The first-order valence-electron chi connectivity index (χ1n) is 6.70. The molecular weight excluding hydrogens is 222 g/mol. The summed E-state index contributed by atoms with van der Waals surface area (Å²) in [5, 5.41) is 0. The predicted molar refractivity (Wildman–Crippen MR) is 74.9 cm³/mol. The van der Waals surface area contributed by atoms with Crippen molar-refractivity contribution in [3.8, 4) is 0 Å². The fourth-order valence-corrected chi connectivity index (χ4v) is 2.45. The Bertz CT molecular complexity index is 464. The van der Waals surface area contributed by atoms with Crippen molar-refractivity contribution in [2.75, 3.05) is 0 Å². The van der Waals surface area contributed by atoms with Gasteiger partial charge in [0.1, 0.15) is 0 Å². The Morgan fingerprint density at radius 2 is 1.89 bits per heavy atom. The van der Waals surface area contributed by atoms with Crippen molar-refractivity contribution < 1.29 is 4.79 Å². The minimum atomic E-state index is 0.0821. The van der Waals surface area contributed by atoms with Crippen LogP contribution in [0.25, 0.3) is 0 Å². The van der Waals surface area contributed by atoms with Gasteiger partial charge in [-0.3, -0.25) is 4.79 Å². The van der Waals surface area contributed by atoms with E-state index in [4.69, 9.17) is 5.73 Å². The second-order valence-electron chi connectivity index (χ2n) is 6.57. The first-order valence-corrected chi connectivity index (χ1v) is 6.70. The van der Waals surface area contributed by atoms with Gasteiger partial charge < -0.3 is 5.73 Å². The zero-order valence-electron chi connectivity index (χ0n) is 11.8. The molecule has 1 aliphatic rings. The lowest BCUT2D eigenvalue weighted by molar-refractivity contribution is 0.0832. The molecule has 1 saturated carbocycles. The first-order chi connectivity index (χ1) is 8.29. The fraction of sp³-hybridized carbons (Fsp3) is 0.562. The average molecular weight is 245 g/mol. The number of nitrogens with two attached hydrogens (primary N) is 1. The third-order valence-electron chi connectivity index (χ3n) is 3.91. The predicted octanol–water partition coefficient (Wildman–Crippen LogP) is 3.21. The zero-order valence-corrected chi connectivity index (χ0v) is 11.8. The van der Waals surface area contributed by atoms with Gasteiger partial charge in [-0.05, 0) is 42.4 Å². The molecule has 2 rings (SSSR count). The van der Waals surface area contributed by atoms with Crippen LogP contribution >= 0.6 is 0 Å². The monoisotopic (exact) mass is 245 g/mol. The molecule has 1 aromatic carbocycles. The van der Waals surface area contributed by atoms with Crippen molar-refractivity contribution in [2.24, 2.45) is 11.7 Å². The molecule has 98 valence electrons. The fourth-order valence-electron chi connectivity index (χ4n) is 2.45. The normalized spacial score (nSPS) is 23.6. The Hall–Kier alpha value is -1.15. The molecule has 0 heterocycles. The molecule has 0 bridgehead atoms. The second-order valence-corrected chi connectivity index (χ2v) is 6.57. The first kappa shape index (κ1) is 13.3. The summed E-state index contributed by atoms with van der Waals surface area (Å²) in [6.07, 6.45) is 1.69. The Kier molecular flexibility index (Phi) is 3.33. The molecule has 0 radical (unpaired) electrons. The van der Waals surface area contributed by atoms with Crippen LogP contribution in [0.4, 0.5) is 0 Å². The van der Waals surface area contributed by atoms with Crippen LogP contribution in [0.1, 0.15) is 55.1 Å². The molecule has 1 aromatic rings. The molecule has 0 unspecified atom stereocenters. The summed E-state index contributed by atoms with van der Waals surface area (Å²) in [4.78, 5) is 12.4. The topological polar surface area (TPSA) is 43.1 Å². The largest absolute Gasteiger partial charge is 0.328 e. The van der Waals surface area contributed by atoms with Crippen molar-refractivity contribution in [3.63, 3.8) is 0 Å². The maximum absolute atomic E-state index is 12.4. The van der Waals surface area contributed by atoms with Crippen molar-refractivity contribution >= 4 is 5.78 Å². The second kappa shape index (κ2) is 4.51. The van der Waals surface area contributed by atoms with Crippen LogP contribution in [0.3, 0.4) is 0 Å². The van der Waals surface area contributed by atoms with Crippen LogP contribution in [-0.2, 0) is 5.41 Å². The molecule has 18 heavy (non-hydrogen) atoms. The van der Waals surface area contributed by atoms with E-state index in [9.17, 15) is 4.79 Å². The van der Waals surface area contributed by atoms with Crippen molar-refractivity contribution in [1.29, 1.82) is 0 Å². The smallest absolute Gasteiger partial charge is 0.166 e. The van der Waals surface area contributed by atoms with Crippen LogP contribution in [0, 0.1) is 12.8 Å². The summed E-state index contributed by atoms with van der Waals surface area (Å²) in [5.41, 5.74) is 9.04. The van der Waals surface area contributed by atoms with Gasteiger partial charge >= 0.3 is 0 Å². The highest BCUT2D eigenvalue weighted by atomic mass is 16.1. The standard InChI is InChI=1S/C16H23NO/c1-10-5-6-12(16(2,3)4)9-14(10)15(18)11-7-13(17)8-11/h5-6,9,11,13H,7-8,17H2,1-4H3. The molecule has 0 atom stereocenters. The SMILES string of the molecule is Cc1ccc(C(C)(C)C)cc1C(=O)C1CC(N)C1. The van der Waals surface area contributed by atoms with E-state index in [1.165, 1.54) is 5.56 Å². The van der Waals surface area contributed by atoms with Gasteiger partial charge in [-0.15, -0.1) is 0 Å². The number of ketones is 1. The molecule has 2 nitrogen and oxygen atoms in total. The zero-order chi connectivity index (χ0) is 13.5. The van der Waals surface area contributed by atoms with Gasteiger partial charge in [-0.25, -0.2) is 0 Å². The molecule has 0 aliphatic heterocycles. The Morgan fingerprint density at radius 3 is 2.39 bits per heavy atom. The van der Waals surface area contributed by atoms with Crippen LogP contribution < -0.4 is 5.73 Å². The number of aryl methyl sites for hydroxylation is 1. The Labute approximate surface area is 110 Å². The van der Waals surface area contributed by atoms with Gasteiger partial charge in [0.05, 0.1) is 0 Å². The van der Waals surface area contributed by atoms with Crippen LogP contribution in [0.2, 0.25) is 0 Å². The molecule has 1 fully saturated rings. The number of carbonyl (C=O) groups is 1. The van der Waals surface area contributed by atoms with Gasteiger partial charge in [-0.2, -0.15) is 0 Å². The lowest BCUT2D eigenvalue weighted by atomic mass is 9.75. The molecule has 0 aromatic heterocycles. The third-order valence-corrected chi connectivity index (χ3v) is 3.91. The summed E-state index contributed by atoms with van der Waals surface area (Å²) in [5.74, 6) is 0.425. The minimum Gasteiger partial charge on any atom is -0.328 e. The molecule has 1 aliphatic carbocycles. The lowest BCUT2D eigenvalue weighted by Crippen LogP contribution is -2.40. The highest BCUT2D eigenvalue weighted by molar-refractivity contribution is 6.00. The molecule has 0 saturated heterocycles. The van der Waals surface area contributed by atoms with Crippen LogP contribution in [-0.4, -0.2) is 11.8 Å².